The van der Waals surface area contributed by atoms with Crippen molar-refractivity contribution in [1.29, 1.82) is 0 Å². The molecule has 1 aromatic rings. The van der Waals surface area contributed by atoms with Crippen molar-refractivity contribution < 1.29 is 33.4 Å². The first-order valence-corrected chi connectivity index (χ1v) is 13.3. The maximum atomic E-state index is 13.3. The van der Waals surface area contributed by atoms with Crippen LogP contribution in [0.15, 0.2) is 18.2 Å². The van der Waals surface area contributed by atoms with E-state index in [-0.39, 0.29) is 36.2 Å². The summed E-state index contributed by atoms with van der Waals surface area (Å²) in [4.78, 5) is 67.2. The summed E-state index contributed by atoms with van der Waals surface area (Å²) < 4.78 is 11.3. The van der Waals surface area contributed by atoms with Crippen LogP contribution in [0.4, 0.5) is 10.5 Å². The summed E-state index contributed by atoms with van der Waals surface area (Å²) >= 11 is 0. The van der Waals surface area contributed by atoms with Gasteiger partial charge in [0.25, 0.3) is 11.8 Å². The van der Waals surface area contributed by atoms with E-state index in [9.17, 15) is 24.0 Å². The molecule has 1 aromatic carbocycles. The minimum absolute atomic E-state index is 0.0712. The lowest BCUT2D eigenvalue weighted by atomic mass is 10.0. The zero-order chi connectivity index (χ0) is 28.3. The second-order valence-electron chi connectivity index (χ2n) is 11.1. The molecule has 1 unspecified atom stereocenters. The molecule has 12 heteroatoms. The van der Waals surface area contributed by atoms with Gasteiger partial charge in [-0.15, -0.1) is 0 Å². The lowest BCUT2D eigenvalue weighted by Crippen LogP contribution is -2.54. The highest BCUT2D eigenvalue weighted by Gasteiger charge is 2.45. The van der Waals surface area contributed by atoms with Gasteiger partial charge in [-0.2, -0.15) is 0 Å². The van der Waals surface area contributed by atoms with Crippen molar-refractivity contribution in [2.45, 2.75) is 57.8 Å². The number of benzene rings is 1. The van der Waals surface area contributed by atoms with Gasteiger partial charge in [-0.1, -0.05) is 6.07 Å². The minimum Gasteiger partial charge on any atom is -0.444 e. The van der Waals surface area contributed by atoms with E-state index in [4.69, 9.17) is 9.47 Å². The summed E-state index contributed by atoms with van der Waals surface area (Å²) in [5.74, 6) is -2.13. The largest absolute Gasteiger partial charge is 0.444 e. The highest BCUT2D eigenvalue weighted by Crippen LogP contribution is 2.32. The number of rotatable bonds is 8. The molecule has 212 valence electrons. The minimum atomic E-state index is -1.01. The van der Waals surface area contributed by atoms with Gasteiger partial charge in [0.1, 0.15) is 11.6 Å². The fourth-order valence-electron chi connectivity index (χ4n) is 4.96. The van der Waals surface area contributed by atoms with Crippen molar-refractivity contribution in [3.63, 3.8) is 0 Å². The van der Waals surface area contributed by atoms with Crippen LogP contribution in [0.3, 0.4) is 0 Å². The van der Waals surface area contributed by atoms with Crippen LogP contribution in [0.5, 0.6) is 0 Å². The molecule has 4 rings (SSSR count). The second kappa shape index (κ2) is 11.7. The summed E-state index contributed by atoms with van der Waals surface area (Å²) in [5.41, 5.74) is 0.427. The van der Waals surface area contributed by atoms with Crippen LogP contribution in [-0.4, -0.2) is 109 Å². The van der Waals surface area contributed by atoms with Crippen LogP contribution >= 0.6 is 0 Å². The number of piperidine rings is 1. The molecule has 12 nitrogen and oxygen atoms in total. The van der Waals surface area contributed by atoms with E-state index < -0.39 is 35.3 Å². The molecule has 2 fully saturated rings. The molecule has 0 spiro atoms. The quantitative estimate of drug-likeness (QED) is 0.467. The van der Waals surface area contributed by atoms with Crippen LogP contribution in [-0.2, 0) is 19.1 Å². The van der Waals surface area contributed by atoms with Crippen molar-refractivity contribution in [1.82, 2.24) is 20.0 Å². The van der Waals surface area contributed by atoms with Crippen LogP contribution < -0.4 is 10.6 Å². The first-order valence-electron chi connectivity index (χ1n) is 13.3. The maximum Gasteiger partial charge on any atom is 0.410 e. The number of nitrogens with one attached hydrogen (secondary N) is 2. The van der Waals surface area contributed by atoms with Crippen molar-refractivity contribution in [3.05, 3.63) is 29.3 Å². The summed E-state index contributed by atoms with van der Waals surface area (Å²) in [6, 6.07) is 3.98. The Morgan fingerprint density at radius 1 is 1.21 bits per heavy atom. The fourth-order valence-corrected chi connectivity index (χ4v) is 4.96. The first kappa shape index (κ1) is 28.5. The first-order chi connectivity index (χ1) is 18.4. The van der Waals surface area contributed by atoms with E-state index >= 15 is 0 Å². The summed E-state index contributed by atoms with van der Waals surface area (Å²) in [6.07, 6.45) is 0.484. The van der Waals surface area contributed by atoms with Crippen LogP contribution in [0.25, 0.3) is 0 Å². The summed E-state index contributed by atoms with van der Waals surface area (Å²) in [5, 5.41) is 5.47. The molecule has 5 amide bonds. The fraction of sp³-hybridized carbons (Fsp3) is 0.593. The lowest BCUT2D eigenvalue weighted by Gasteiger charge is -2.33. The SMILES string of the molecule is CN(CCCN1CCO[C@H](CNc2cccc3c2C(=O)N(C2CCC(=O)NC2=O)C3=O)C1)C(=O)OC(C)(C)C. The second-order valence-corrected chi connectivity index (χ2v) is 11.1. The van der Waals surface area contributed by atoms with Gasteiger partial charge in [0.05, 0.1) is 23.8 Å². The van der Waals surface area contributed by atoms with Gasteiger partial charge in [-0.3, -0.25) is 34.3 Å². The van der Waals surface area contributed by atoms with Gasteiger partial charge < -0.3 is 19.7 Å². The van der Waals surface area contributed by atoms with Gasteiger partial charge >= 0.3 is 6.09 Å². The number of ether oxygens (including phenoxy) is 2. The Balaban J connectivity index is 1.31. The number of hydrogen-bond donors (Lipinski definition) is 2. The van der Waals surface area contributed by atoms with Crippen molar-refractivity contribution >= 4 is 35.4 Å². The third-order valence-corrected chi connectivity index (χ3v) is 6.88. The summed E-state index contributed by atoms with van der Waals surface area (Å²) in [7, 11) is 1.73. The predicted octanol–water partition coefficient (Wildman–Crippen LogP) is 1.46. The molecular formula is C27H37N5O7. The molecule has 0 bridgehead atoms. The zero-order valence-corrected chi connectivity index (χ0v) is 23.0. The molecule has 0 radical (unpaired) electrons. The Labute approximate surface area is 227 Å². The number of imide groups is 2. The van der Waals surface area contributed by atoms with E-state index in [1.54, 1.807) is 30.1 Å². The molecule has 3 aliphatic rings. The Morgan fingerprint density at radius 2 is 1.97 bits per heavy atom. The number of hydrogen-bond acceptors (Lipinski definition) is 9. The van der Waals surface area contributed by atoms with E-state index in [1.165, 1.54) is 0 Å². The van der Waals surface area contributed by atoms with E-state index in [2.05, 4.69) is 15.5 Å². The number of morpholine rings is 1. The van der Waals surface area contributed by atoms with E-state index in [1.807, 2.05) is 20.8 Å². The highest BCUT2D eigenvalue weighted by molar-refractivity contribution is 6.25. The molecule has 3 heterocycles. The van der Waals surface area contributed by atoms with Crippen LogP contribution in [0, 0.1) is 0 Å². The Kier molecular flexibility index (Phi) is 8.55. The number of anilines is 1. The zero-order valence-electron chi connectivity index (χ0n) is 23.0. The summed E-state index contributed by atoms with van der Waals surface area (Å²) in [6.45, 7) is 9.32. The van der Waals surface area contributed by atoms with Gasteiger partial charge in [0.15, 0.2) is 0 Å². The maximum absolute atomic E-state index is 13.3. The molecular weight excluding hydrogens is 506 g/mol. The number of fused-ring (bicyclic) bond motifs is 1. The molecule has 2 N–H and O–H groups in total. The molecule has 0 saturated carbocycles. The Bertz CT molecular complexity index is 1150. The lowest BCUT2D eigenvalue weighted by molar-refractivity contribution is -0.136. The molecule has 0 aromatic heterocycles. The van der Waals surface area contributed by atoms with Crippen molar-refractivity contribution in [2.24, 2.45) is 0 Å². The number of carbonyl (C=O) groups is 5. The topological polar surface area (TPSA) is 138 Å². The molecule has 39 heavy (non-hydrogen) atoms. The number of amides is 5. The van der Waals surface area contributed by atoms with Gasteiger partial charge in [-0.05, 0) is 45.7 Å². The average molecular weight is 544 g/mol. The highest BCUT2D eigenvalue weighted by atomic mass is 16.6. The Hall–Kier alpha value is -3.51. The van der Waals surface area contributed by atoms with Crippen LogP contribution in [0.1, 0.15) is 60.7 Å². The molecule has 2 saturated heterocycles. The molecule has 2 atom stereocenters. The monoisotopic (exact) mass is 543 g/mol. The third-order valence-electron chi connectivity index (χ3n) is 6.88. The smallest absolute Gasteiger partial charge is 0.410 e. The van der Waals surface area contributed by atoms with E-state index in [0.29, 0.717) is 31.9 Å². The van der Waals surface area contributed by atoms with Crippen LogP contribution in [0.2, 0.25) is 0 Å². The van der Waals surface area contributed by atoms with Gasteiger partial charge in [-0.25, -0.2) is 4.79 Å². The normalized spacial score (nSPS) is 22.0. The third kappa shape index (κ3) is 6.74. The van der Waals surface area contributed by atoms with Crippen molar-refractivity contribution in [3.8, 4) is 0 Å². The van der Waals surface area contributed by atoms with Gasteiger partial charge in [0.2, 0.25) is 11.8 Å². The van der Waals surface area contributed by atoms with E-state index in [0.717, 1.165) is 24.4 Å². The van der Waals surface area contributed by atoms with Crippen molar-refractivity contribution in [2.75, 3.05) is 51.7 Å². The predicted molar refractivity (Wildman–Crippen MR) is 141 cm³/mol. The standard InChI is InChI=1S/C27H37N5O7/c1-27(2,3)39-26(37)30(4)11-6-12-31-13-14-38-17(16-31)15-28-19-8-5-7-18-22(19)25(36)32(24(18)35)20-9-10-21(33)29-23(20)34/h5,7-8,17,20,28H,6,9-16H2,1-4H3,(H,29,33,34)/t17-,20?/m1/s1. The van der Waals surface area contributed by atoms with Gasteiger partial charge in [0, 0.05) is 51.9 Å². The number of carbonyl (C=O) groups excluding carboxylic acids is 5. The number of nitrogens with zero attached hydrogens (tertiary/aromatic N) is 3. The molecule has 3 aliphatic heterocycles. The Morgan fingerprint density at radius 3 is 2.69 bits per heavy atom. The molecule has 0 aliphatic carbocycles. The average Bonchev–Trinajstić information content (AvgIpc) is 3.12.